The van der Waals surface area contributed by atoms with E-state index in [9.17, 15) is 4.79 Å². The molecule has 0 aliphatic carbocycles. The van der Waals surface area contributed by atoms with Crippen LogP contribution in [0.1, 0.15) is 27.2 Å². The van der Waals surface area contributed by atoms with Crippen molar-refractivity contribution in [3.05, 3.63) is 0 Å². The van der Waals surface area contributed by atoms with Gasteiger partial charge in [0.25, 0.3) is 0 Å². The van der Waals surface area contributed by atoms with Crippen molar-refractivity contribution in [2.75, 3.05) is 6.54 Å². The molecular formula is C8H17NO2. The lowest BCUT2D eigenvalue weighted by atomic mass is 10.1. The van der Waals surface area contributed by atoms with Crippen LogP contribution in [0.5, 0.6) is 0 Å². The van der Waals surface area contributed by atoms with Crippen LogP contribution in [-0.4, -0.2) is 23.7 Å². The van der Waals surface area contributed by atoms with Crippen molar-refractivity contribution in [2.24, 2.45) is 5.92 Å². The fourth-order valence-corrected chi connectivity index (χ4v) is 0.608. The summed E-state index contributed by atoms with van der Waals surface area (Å²) < 4.78 is 0. The first-order chi connectivity index (χ1) is 5.07. The number of nitrogens with one attached hydrogen (secondary N) is 1. The molecule has 66 valence electrons. The molecule has 0 saturated carbocycles. The number of hydrogen-bond donors (Lipinski definition) is 2. The first-order valence-electron chi connectivity index (χ1n) is 4.03. The monoisotopic (exact) mass is 159 g/mol. The average molecular weight is 159 g/mol. The standard InChI is InChI=1S/C8H17NO2/c1-4-6(2)8(11)9-5-7(3)10/h6-7,10H,4-5H2,1-3H3,(H,9,11)/t6-,7?/m0/s1. The Labute approximate surface area is 67.8 Å². The molecule has 1 unspecified atom stereocenters. The van der Waals surface area contributed by atoms with E-state index in [2.05, 4.69) is 5.32 Å². The van der Waals surface area contributed by atoms with Crippen molar-refractivity contribution < 1.29 is 9.90 Å². The van der Waals surface area contributed by atoms with Crippen LogP contribution in [0.4, 0.5) is 0 Å². The van der Waals surface area contributed by atoms with Gasteiger partial charge in [0.15, 0.2) is 0 Å². The predicted octanol–water partition coefficient (Wildman–Crippen LogP) is 0.529. The van der Waals surface area contributed by atoms with Gasteiger partial charge in [0.1, 0.15) is 0 Å². The van der Waals surface area contributed by atoms with E-state index in [0.29, 0.717) is 6.54 Å². The van der Waals surface area contributed by atoms with Crippen LogP contribution in [0, 0.1) is 5.92 Å². The number of amides is 1. The lowest BCUT2D eigenvalue weighted by Gasteiger charge is -2.10. The zero-order valence-corrected chi connectivity index (χ0v) is 7.42. The molecule has 2 N–H and O–H groups in total. The second-order valence-corrected chi connectivity index (χ2v) is 2.90. The molecule has 0 aliphatic rings. The van der Waals surface area contributed by atoms with Gasteiger partial charge in [-0.25, -0.2) is 0 Å². The maximum Gasteiger partial charge on any atom is 0.222 e. The highest BCUT2D eigenvalue weighted by Crippen LogP contribution is 1.99. The van der Waals surface area contributed by atoms with E-state index in [1.807, 2.05) is 13.8 Å². The first-order valence-corrected chi connectivity index (χ1v) is 4.03. The van der Waals surface area contributed by atoms with Gasteiger partial charge in [-0.1, -0.05) is 13.8 Å². The summed E-state index contributed by atoms with van der Waals surface area (Å²) in [6.45, 7) is 5.84. The minimum atomic E-state index is -0.456. The molecule has 0 spiro atoms. The third-order valence-corrected chi connectivity index (χ3v) is 1.63. The lowest BCUT2D eigenvalue weighted by molar-refractivity contribution is -0.124. The lowest BCUT2D eigenvalue weighted by Crippen LogP contribution is -2.34. The highest BCUT2D eigenvalue weighted by Gasteiger charge is 2.09. The average Bonchev–Trinajstić information content (AvgIpc) is 1.98. The highest BCUT2D eigenvalue weighted by molar-refractivity contribution is 5.78. The molecule has 0 radical (unpaired) electrons. The second-order valence-electron chi connectivity index (χ2n) is 2.90. The molecule has 3 nitrogen and oxygen atoms in total. The van der Waals surface area contributed by atoms with Crippen molar-refractivity contribution in [3.63, 3.8) is 0 Å². The van der Waals surface area contributed by atoms with Gasteiger partial charge in [-0.15, -0.1) is 0 Å². The van der Waals surface area contributed by atoms with E-state index >= 15 is 0 Å². The highest BCUT2D eigenvalue weighted by atomic mass is 16.3. The Kier molecular flexibility index (Phi) is 4.86. The summed E-state index contributed by atoms with van der Waals surface area (Å²) in [7, 11) is 0. The van der Waals surface area contributed by atoms with Crippen LogP contribution in [-0.2, 0) is 4.79 Å². The molecule has 1 amide bonds. The normalized spacial score (nSPS) is 15.6. The molecular weight excluding hydrogens is 142 g/mol. The zero-order chi connectivity index (χ0) is 8.85. The molecule has 11 heavy (non-hydrogen) atoms. The van der Waals surface area contributed by atoms with Gasteiger partial charge in [0.2, 0.25) is 5.91 Å². The maximum absolute atomic E-state index is 11.1. The number of aliphatic hydroxyl groups is 1. The van der Waals surface area contributed by atoms with Crippen LogP contribution in [0.15, 0.2) is 0 Å². The number of carbonyl (C=O) groups is 1. The molecule has 0 heterocycles. The summed E-state index contributed by atoms with van der Waals surface area (Å²) in [6, 6.07) is 0. The Morgan fingerprint density at radius 1 is 1.55 bits per heavy atom. The Hall–Kier alpha value is -0.570. The number of hydrogen-bond acceptors (Lipinski definition) is 2. The summed E-state index contributed by atoms with van der Waals surface area (Å²) in [5.41, 5.74) is 0. The van der Waals surface area contributed by atoms with E-state index in [0.717, 1.165) is 6.42 Å². The first kappa shape index (κ1) is 10.4. The van der Waals surface area contributed by atoms with Gasteiger partial charge in [-0.05, 0) is 13.3 Å². The van der Waals surface area contributed by atoms with Crippen LogP contribution >= 0.6 is 0 Å². The molecule has 0 rings (SSSR count). The third kappa shape index (κ3) is 4.79. The van der Waals surface area contributed by atoms with Crippen molar-refractivity contribution in [3.8, 4) is 0 Å². The minimum Gasteiger partial charge on any atom is -0.392 e. The molecule has 0 aromatic rings. The van der Waals surface area contributed by atoms with Crippen LogP contribution < -0.4 is 5.32 Å². The quantitative estimate of drug-likeness (QED) is 0.628. The van der Waals surface area contributed by atoms with E-state index in [1.54, 1.807) is 6.92 Å². The van der Waals surface area contributed by atoms with E-state index in [1.165, 1.54) is 0 Å². The van der Waals surface area contributed by atoms with Crippen molar-refractivity contribution in [2.45, 2.75) is 33.3 Å². The summed E-state index contributed by atoms with van der Waals surface area (Å²) in [6.07, 6.45) is 0.383. The molecule has 0 aliphatic heterocycles. The van der Waals surface area contributed by atoms with Gasteiger partial charge in [0, 0.05) is 12.5 Å². The summed E-state index contributed by atoms with van der Waals surface area (Å²) in [5.74, 6) is 0.0714. The van der Waals surface area contributed by atoms with Gasteiger partial charge in [-0.3, -0.25) is 4.79 Å². The van der Waals surface area contributed by atoms with E-state index in [-0.39, 0.29) is 11.8 Å². The summed E-state index contributed by atoms with van der Waals surface area (Å²) >= 11 is 0. The molecule has 0 aromatic carbocycles. The molecule has 3 heteroatoms. The number of aliphatic hydroxyl groups excluding tert-OH is 1. The second kappa shape index (κ2) is 5.13. The van der Waals surface area contributed by atoms with E-state index in [4.69, 9.17) is 5.11 Å². The van der Waals surface area contributed by atoms with Gasteiger partial charge < -0.3 is 10.4 Å². The van der Waals surface area contributed by atoms with E-state index < -0.39 is 6.10 Å². The SMILES string of the molecule is CC[C@H](C)C(=O)NCC(C)O. The van der Waals surface area contributed by atoms with Gasteiger partial charge in [-0.2, -0.15) is 0 Å². The molecule has 2 atom stereocenters. The maximum atomic E-state index is 11.1. The number of carbonyl (C=O) groups excluding carboxylic acids is 1. The minimum absolute atomic E-state index is 0.0217. The van der Waals surface area contributed by atoms with Crippen LogP contribution in [0.2, 0.25) is 0 Å². The van der Waals surface area contributed by atoms with Gasteiger partial charge >= 0.3 is 0 Å². The summed E-state index contributed by atoms with van der Waals surface area (Å²) in [4.78, 5) is 11.1. The van der Waals surface area contributed by atoms with Gasteiger partial charge in [0.05, 0.1) is 6.10 Å². The van der Waals surface area contributed by atoms with Crippen LogP contribution in [0.25, 0.3) is 0 Å². The smallest absolute Gasteiger partial charge is 0.222 e. The molecule has 0 aromatic heterocycles. The Balaban J connectivity index is 3.52. The molecule has 0 saturated heterocycles. The third-order valence-electron chi connectivity index (χ3n) is 1.63. The Morgan fingerprint density at radius 2 is 2.09 bits per heavy atom. The fraction of sp³-hybridized carbons (Fsp3) is 0.875. The molecule has 0 fully saturated rings. The van der Waals surface area contributed by atoms with Crippen LogP contribution in [0.3, 0.4) is 0 Å². The molecule has 0 bridgehead atoms. The van der Waals surface area contributed by atoms with Crippen molar-refractivity contribution >= 4 is 5.91 Å². The van der Waals surface area contributed by atoms with Crippen molar-refractivity contribution in [1.82, 2.24) is 5.32 Å². The fourth-order valence-electron chi connectivity index (χ4n) is 0.608. The summed E-state index contributed by atoms with van der Waals surface area (Å²) in [5, 5.41) is 11.5. The number of rotatable bonds is 4. The van der Waals surface area contributed by atoms with Crippen molar-refractivity contribution in [1.29, 1.82) is 0 Å². The zero-order valence-electron chi connectivity index (χ0n) is 7.42. The predicted molar refractivity (Wildman–Crippen MR) is 44.1 cm³/mol. The Bertz CT molecular complexity index is 123. The topological polar surface area (TPSA) is 49.3 Å². The Morgan fingerprint density at radius 3 is 2.45 bits per heavy atom. The largest absolute Gasteiger partial charge is 0.392 e.